The lowest BCUT2D eigenvalue weighted by atomic mass is 10.0. The monoisotopic (exact) mass is 1330 g/mol. The number of nitrogens with one attached hydrogen (secondary N) is 1. The highest BCUT2D eigenvalue weighted by Crippen LogP contribution is 2.21. The number of amides is 1. The predicted octanol–water partition coefficient (Wildman–Crippen LogP) is 29.3. The maximum atomic E-state index is 12.6. The molecule has 1 amide bonds. The molecule has 0 saturated heterocycles. The lowest BCUT2D eigenvalue weighted by Gasteiger charge is -2.20. The van der Waals surface area contributed by atoms with E-state index < -0.39 is 12.1 Å². The summed E-state index contributed by atoms with van der Waals surface area (Å²) in [5.41, 5.74) is 0. The number of hydrogen-bond donors (Lipinski definition) is 3. The molecule has 2 atom stereocenters. The minimum atomic E-state index is -0.842. The first kappa shape index (κ1) is 93.1. The van der Waals surface area contributed by atoms with E-state index in [0.29, 0.717) is 19.4 Å². The summed E-state index contributed by atoms with van der Waals surface area (Å²) in [6, 6.07) is -0.625. The molecule has 6 heteroatoms. The van der Waals surface area contributed by atoms with Crippen LogP contribution in [0.3, 0.4) is 0 Å². The molecule has 6 nitrogen and oxygen atoms in total. The van der Waals surface area contributed by atoms with Gasteiger partial charge >= 0.3 is 5.97 Å². The summed E-state index contributed by atoms with van der Waals surface area (Å²) in [5, 5.41) is 23.4. The maximum absolute atomic E-state index is 12.6. The molecule has 0 aromatic carbocycles. The van der Waals surface area contributed by atoms with Crippen molar-refractivity contribution in [1.82, 2.24) is 5.32 Å². The number of aliphatic hydroxyl groups is 2. The minimum Gasteiger partial charge on any atom is -0.466 e. The van der Waals surface area contributed by atoms with Crippen LogP contribution in [0.25, 0.3) is 0 Å². The van der Waals surface area contributed by atoms with Crippen molar-refractivity contribution < 1.29 is 24.5 Å². The molecule has 0 aromatic rings. The summed E-state index contributed by atoms with van der Waals surface area (Å²) >= 11 is 0. The van der Waals surface area contributed by atoms with Gasteiger partial charge in [-0.3, -0.25) is 9.59 Å². The van der Waals surface area contributed by atoms with Crippen LogP contribution in [-0.4, -0.2) is 47.4 Å². The van der Waals surface area contributed by atoms with Crippen molar-refractivity contribution in [2.24, 2.45) is 0 Å². The van der Waals surface area contributed by atoms with Crippen LogP contribution < -0.4 is 5.32 Å². The number of carbonyl (C=O) groups excluding carboxylic acids is 2. The number of carbonyl (C=O) groups is 2. The molecule has 0 fully saturated rings. The molecule has 2 unspecified atom stereocenters. The molecule has 0 aliphatic carbocycles. The Morgan fingerprint density at radius 2 is 0.537 bits per heavy atom. The third-order valence-corrected chi connectivity index (χ3v) is 20.7. The number of aliphatic hydroxyl groups excluding tert-OH is 2. The van der Waals surface area contributed by atoms with E-state index in [2.05, 4.69) is 43.5 Å². The fourth-order valence-electron chi connectivity index (χ4n) is 14.0. The maximum Gasteiger partial charge on any atom is 0.305 e. The summed E-state index contributed by atoms with van der Waals surface area (Å²) in [4.78, 5) is 24.6. The highest BCUT2D eigenvalue weighted by Gasteiger charge is 2.18. The van der Waals surface area contributed by atoms with Crippen LogP contribution in [0.15, 0.2) is 36.5 Å². The van der Waals surface area contributed by atoms with Gasteiger partial charge in [-0.15, -0.1) is 0 Å². The van der Waals surface area contributed by atoms with Crippen molar-refractivity contribution in [3.05, 3.63) is 36.5 Å². The van der Waals surface area contributed by atoms with Crippen molar-refractivity contribution in [2.75, 3.05) is 13.2 Å². The van der Waals surface area contributed by atoms with Gasteiger partial charge in [-0.25, -0.2) is 0 Å². The highest BCUT2D eigenvalue weighted by atomic mass is 16.5. The standard InChI is InChI=1S/C89H171NO5/c1-3-5-7-9-11-13-15-17-19-20-21-22-23-39-42-45-48-51-54-57-61-65-69-73-77-81-87(92)86(85-91)90-88(93)82-78-74-70-66-62-58-55-52-49-46-43-40-37-35-33-31-29-27-25-24-26-28-30-32-34-36-38-41-44-47-50-53-56-60-64-68-72-76-80-84-95-89(94)83-79-75-71-67-63-59-18-16-14-12-10-8-6-4-2/h10,12,16,18,77,81,86-87,91-92H,3-9,11,13-15,17,19-76,78-80,82-85H2,1-2H3,(H,90,93)/b12-10-,18-16-,81-77+. The molecule has 0 rings (SSSR count). The molecule has 0 aliphatic heterocycles. The van der Waals surface area contributed by atoms with Gasteiger partial charge in [0.05, 0.1) is 25.4 Å². The second-order valence-corrected chi connectivity index (χ2v) is 30.2. The van der Waals surface area contributed by atoms with E-state index in [1.807, 2.05) is 6.08 Å². The molecular formula is C89H171NO5. The average Bonchev–Trinajstić information content (AvgIpc) is 3.11. The normalized spacial score (nSPS) is 12.6. The van der Waals surface area contributed by atoms with Gasteiger partial charge < -0.3 is 20.3 Å². The van der Waals surface area contributed by atoms with Crippen molar-refractivity contribution in [3.8, 4) is 0 Å². The van der Waals surface area contributed by atoms with E-state index in [-0.39, 0.29) is 18.5 Å². The zero-order valence-corrected chi connectivity index (χ0v) is 64.7. The van der Waals surface area contributed by atoms with Crippen LogP contribution in [0.2, 0.25) is 0 Å². The Hall–Kier alpha value is -1.92. The van der Waals surface area contributed by atoms with E-state index in [1.54, 1.807) is 6.08 Å². The van der Waals surface area contributed by atoms with Crippen LogP contribution in [0.4, 0.5) is 0 Å². The zero-order chi connectivity index (χ0) is 68.4. The molecule has 95 heavy (non-hydrogen) atoms. The third kappa shape index (κ3) is 80.9. The number of hydrogen-bond acceptors (Lipinski definition) is 5. The molecule has 0 saturated carbocycles. The SMILES string of the molecule is CCCC/C=C\C/C=C\CCCCCCCC(=O)OCCCCCCCCCCCCCCCCCCCCCCCCCCCCCCCCCCCCCCCCCC(=O)NC(CO)C(O)/C=C/CCCCCCCCCCCCCCCCCCCCCCCCC. The Bertz CT molecular complexity index is 1540. The molecule has 0 radical (unpaired) electrons. The summed E-state index contributed by atoms with van der Waals surface area (Å²) in [5.74, 6) is -0.0461. The van der Waals surface area contributed by atoms with E-state index in [9.17, 15) is 19.8 Å². The van der Waals surface area contributed by atoms with Crippen molar-refractivity contribution in [3.63, 3.8) is 0 Å². The molecule has 562 valence electrons. The Balaban J connectivity index is 3.33. The van der Waals surface area contributed by atoms with Gasteiger partial charge in [0.15, 0.2) is 0 Å². The van der Waals surface area contributed by atoms with Crippen LogP contribution in [-0.2, 0) is 14.3 Å². The van der Waals surface area contributed by atoms with Gasteiger partial charge in [-0.1, -0.05) is 461 Å². The van der Waals surface area contributed by atoms with Gasteiger partial charge in [0.2, 0.25) is 5.91 Å². The zero-order valence-electron chi connectivity index (χ0n) is 64.7. The molecular weight excluding hydrogens is 1160 g/mol. The van der Waals surface area contributed by atoms with E-state index in [0.717, 1.165) is 51.4 Å². The smallest absolute Gasteiger partial charge is 0.305 e. The third-order valence-electron chi connectivity index (χ3n) is 20.7. The first-order valence-electron chi connectivity index (χ1n) is 43.8. The molecule has 0 aliphatic rings. The van der Waals surface area contributed by atoms with E-state index >= 15 is 0 Å². The average molecular weight is 1340 g/mol. The molecule has 0 spiro atoms. The number of esters is 1. The van der Waals surface area contributed by atoms with Crippen LogP contribution in [0.5, 0.6) is 0 Å². The fraction of sp³-hybridized carbons (Fsp3) is 0.910. The van der Waals surface area contributed by atoms with Crippen LogP contribution >= 0.6 is 0 Å². The molecule has 3 N–H and O–H groups in total. The number of ether oxygens (including phenoxy) is 1. The number of unbranched alkanes of at least 4 members (excludes halogenated alkanes) is 68. The minimum absolute atomic E-state index is 0.00996. The van der Waals surface area contributed by atoms with Gasteiger partial charge in [-0.2, -0.15) is 0 Å². The number of allylic oxidation sites excluding steroid dienone is 5. The van der Waals surface area contributed by atoms with Crippen LogP contribution in [0, 0.1) is 0 Å². The topological polar surface area (TPSA) is 95.9 Å². The highest BCUT2D eigenvalue weighted by molar-refractivity contribution is 5.76. The first-order valence-corrected chi connectivity index (χ1v) is 43.8. The summed E-state index contributed by atoms with van der Waals surface area (Å²) in [7, 11) is 0. The second kappa shape index (κ2) is 84.5. The largest absolute Gasteiger partial charge is 0.466 e. The Kier molecular flexibility index (Phi) is 82.8. The van der Waals surface area contributed by atoms with Crippen LogP contribution in [0.1, 0.15) is 495 Å². The molecule has 0 bridgehead atoms. The molecule has 0 aromatic heterocycles. The van der Waals surface area contributed by atoms with Crippen molar-refractivity contribution in [2.45, 2.75) is 508 Å². The Morgan fingerprint density at radius 1 is 0.295 bits per heavy atom. The first-order chi connectivity index (χ1) is 47.0. The summed E-state index contributed by atoms with van der Waals surface area (Å²) in [6.07, 6.45) is 112. The second-order valence-electron chi connectivity index (χ2n) is 30.2. The predicted molar refractivity (Wildman–Crippen MR) is 421 cm³/mol. The van der Waals surface area contributed by atoms with Crippen molar-refractivity contribution in [1.29, 1.82) is 0 Å². The van der Waals surface area contributed by atoms with Gasteiger partial charge in [0.1, 0.15) is 0 Å². The summed E-state index contributed by atoms with van der Waals surface area (Å²) in [6.45, 7) is 4.92. The Morgan fingerprint density at radius 3 is 0.832 bits per heavy atom. The van der Waals surface area contributed by atoms with Gasteiger partial charge in [0, 0.05) is 12.8 Å². The summed E-state index contributed by atoms with van der Waals surface area (Å²) < 4.78 is 5.49. The quantitative estimate of drug-likeness (QED) is 0.0320. The van der Waals surface area contributed by atoms with Crippen molar-refractivity contribution >= 4 is 11.9 Å². The fourth-order valence-corrected chi connectivity index (χ4v) is 14.0. The van der Waals surface area contributed by atoms with Gasteiger partial charge in [-0.05, 0) is 57.8 Å². The lowest BCUT2D eigenvalue weighted by molar-refractivity contribution is -0.143. The Labute approximate surface area is 595 Å². The lowest BCUT2D eigenvalue weighted by Crippen LogP contribution is -2.45. The van der Waals surface area contributed by atoms with E-state index in [1.165, 1.54) is 417 Å². The van der Waals surface area contributed by atoms with E-state index in [4.69, 9.17) is 4.74 Å². The van der Waals surface area contributed by atoms with Gasteiger partial charge in [0.25, 0.3) is 0 Å². The molecule has 0 heterocycles. The number of rotatable bonds is 83.